The quantitative estimate of drug-likeness (QED) is 0.661. The van der Waals surface area contributed by atoms with E-state index in [0.717, 1.165) is 76.6 Å². The number of hydrogen-bond acceptors (Lipinski definition) is 6. The van der Waals surface area contributed by atoms with Gasteiger partial charge in [0.1, 0.15) is 12.5 Å². The van der Waals surface area contributed by atoms with Crippen LogP contribution in [0.25, 0.3) is 0 Å². The highest BCUT2D eigenvalue weighted by Gasteiger charge is 2.23. The van der Waals surface area contributed by atoms with Crippen LogP contribution in [-0.2, 0) is 11.5 Å². The normalized spacial score (nSPS) is 17.9. The highest BCUT2D eigenvalue weighted by molar-refractivity contribution is 5.76. The summed E-state index contributed by atoms with van der Waals surface area (Å²) in [5.74, 6) is 1.32. The highest BCUT2D eigenvalue weighted by Crippen LogP contribution is 2.19. The molecule has 1 N–H and O–H groups in total. The average molecular weight is 455 g/mol. The summed E-state index contributed by atoms with van der Waals surface area (Å²) in [6.45, 7) is 8.02. The first-order valence-electron chi connectivity index (χ1n) is 12.1. The molecule has 2 saturated heterocycles. The lowest BCUT2D eigenvalue weighted by Crippen LogP contribution is -2.47. The van der Waals surface area contributed by atoms with Gasteiger partial charge in [-0.3, -0.25) is 14.7 Å². The van der Waals surface area contributed by atoms with Crippen LogP contribution < -0.4 is 10.2 Å². The van der Waals surface area contributed by atoms with Crippen LogP contribution in [0.3, 0.4) is 0 Å². The first-order chi connectivity index (χ1) is 16.1. The Morgan fingerprint density at radius 1 is 1.09 bits per heavy atom. The molecule has 8 heteroatoms. The summed E-state index contributed by atoms with van der Waals surface area (Å²) >= 11 is 0. The average Bonchev–Trinajstić information content (AvgIpc) is 2.85. The smallest absolute Gasteiger partial charge is 0.222 e. The van der Waals surface area contributed by atoms with Crippen LogP contribution in [0.1, 0.15) is 36.9 Å². The first-order valence-corrected chi connectivity index (χ1v) is 12.1. The molecule has 0 aromatic carbocycles. The van der Waals surface area contributed by atoms with Gasteiger partial charge < -0.3 is 15.1 Å². The van der Waals surface area contributed by atoms with E-state index >= 15 is 0 Å². The molecule has 0 spiro atoms. The Labute approximate surface area is 196 Å². The third kappa shape index (κ3) is 6.63. The van der Waals surface area contributed by atoms with E-state index in [0.29, 0.717) is 18.2 Å². The van der Waals surface area contributed by atoms with E-state index < -0.39 is 6.67 Å². The second-order valence-corrected chi connectivity index (χ2v) is 9.09. The van der Waals surface area contributed by atoms with Crippen LogP contribution in [0.15, 0.2) is 36.7 Å². The van der Waals surface area contributed by atoms with Crippen molar-refractivity contribution in [3.63, 3.8) is 0 Å². The number of hydrogen-bond donors (Lipinski definition) is 1. The van der Waals surface area contributed by atoms with E-state index in [2.05, 4.69) is 44.1 Å². The Morgan fingerprint density at radius 3 is 2.58 bits per heavy atom. The predicted octanol–water partition coefficient (Wildman–Crippen LogP) is 3.26. The summed E-state index contributed by atoms with van der Waals surface area (Å²) in [4.78, 5) is 28.0. The molecule has 0 atom stereocenters. The van der Waals surface area contributed by atoms with Gasteiger partial charge in [0.25, 0.3) is 0 Å². The Morgan fingerprint density at radius 2 is 1.88 bits per heavy atom. The molecule has 2 aliphatic rings. The number of aryl methyl sites for hydroxylation is 1. The van der Waals surface area contributed by atoms with Crippen LogP contribution in [0.5, 0.6) is 0 Å². The van der Waals surface area contributed by atoms with Crippen molar-refractivity contribution >= 4 is 17.4 Å². The number of carbonyl (C=O) groups excluding carboxylic acids is 1. The summed E-state index contributed by atoms with van der Waals surface area (Å²) in [5, 5.41) is 3.46. The van der Waals surface area contributed by atoms with Gasteiger partial charge in [0, 0.05) is 69.8 Å². The van der Waals surface area contributed by atoms with Crippen molar-refractivity contribution in [2.24, 2.45) is 0 Å². The van der Waals surface area contributed by atoms with Gasteiger partial charge in [0.05, 0.1) is 5.69 Å². The van der Waals surface area contributed by atoms with Crippen molar-refractivity contribution in [2.75, 3.05) is 56.0 Å². The molecule has 0 radical (unpaired) electrons. The maximum Gasteiger partial charge on any atom is 0.222 e. The number of nitrogens with zero attached hydrogens (tertiary/aromatic N) is 5. The zero-order valence-electron chi connectivity index (χ0n) is 19.5. The van der Waals surface area contributed by atoms with Gasteiger partial charge in [0.2, 0.25) is 5.91 Å². The molecule has 0 saturated carbocycles. The number of piperidine rings is 1. The van der Waals surface area contributed by atoms with Crippen molar-refractivity contribution in [3.05, 3.63) is 47.9 Å². The Kier molecular flexibility index (Phi) is 8.10. The zero-order chi connectivity index (χ0) is 23.0. The molecule has 7 nitrogen and oxygen atoms in total. The second kappa shape index (κ2) is 11.4. The van der Waals surface area contributed by atoms with Crippen molar-refractivity contribution < 1.29 is 9.18 Å². The van der Waals surface area contributed by atoms with Gasteiger partial charge in [0.15, 0.2) is 0 Å². The van der Waals surface area contributed by atoms with Crippen LogP contribution in [-0.4, -0.2) is 77.5 Å². The summed E-state index contributed by atoms with van der Waals surface area (Å²) in [6, 6.07) is 8.15. The minimum atomic E-state index is -0.553. The zero-order valence-corrected chi connectivity index (χ0v) is 19.5. The SMILES string of the molecule is Cc1ccc(N2CCN(CCCC(=O)N3CCC(Nc4ccnc(CF)c4)CC3)CC2)nc1. The summed E-state index contributed by atoms with van der Waals surface area (Å²) in [7, 11) is 0. The fourth-order valence-corrected chi connectivity index (χ4v) is 4.61. The molecule has 4 heterocycles. The van der Waals surface area contributed by atoms with Crippen LogP contribution in [0, 0.1) is 6.92 Å². The molecule has 178 valence electrons. The monoisotopic (exact) mass is 454 g/mol. The van der Waals surface area contributed by atoms with Crippen molar-refractivity contribution in [1.29, 1.82) is 0 Å². The summed E-state index contributed by atoms with van der Waals surface area (Å²) < 4.78 is 12.8. The molecule has 4 rings (SSSR count). The number of rotatable bonds is 8. The van der Waals surface area contributed by atoms with E-state index in [-0.39, 0.29) is 5.91 Å². The molecule has 0 unspecified atom stereocenters. The van der Waals surface area contributed by atoms with Gasteiger partial charge in [-0.25, -0.2) is 9.37 Å². The van der Waals surface area contributed by atoms with E-state index in [1.54, 1.807) is 12.3 Å². The van der Waals surface area contributed by atoms with E-state index in [9.17, 15) is 9.18 Å². The molecule has 2 aromatic heterocycles. The lowest BCUT2D eigenvalue weighted by Gasteiger charge is -2.36. The number of halogens is 1. The Hall–Kier alpha value is -2.74. The third-order valence-electron chi connectivity index (χ3n) is 6.63. The lowest BCUT2D eigenvalue weighted by atomic mass is 10.0. The molecular formula is C25H35FN6O. The fraction of sp³-hybridized carbons (Fsp3) is 0.560. The van der Waals surface area contributed by atoms with Crippen molar-refractivity contribution in [2.45, 2.75) is 45.3 Å². The number of piperazine rings is 1. The molecule has 1 amide bonds. The maximum absolute atomic E-state index is 12.8. The number of aromatic nitrogens is 2. The first kappa shape index (κ1) is 23.4. The topological polar surface area (TPSA) is 64.6 Å². The molecule has 2 fully saturated rings. The molecule has 2 aromatic rings. The van der Waals surface area contributed by atoms with Gasteiger partial charge in [-0.2, -0.15) is 0 Å². The van der Waals surface area contributed by atoms with Crippen LogP contribution in [0.4, 0.5) is 15.9 Å². The number of anilines is 2. The van der Waals surface area contributed by atoms with Crippen molar-refractivity contribution in [3.8, 4) is 0 Å². The number of likely N-dealkylation sites (tertiary alicyclic amines) is 1. The van der Waals surface area contributed by atoms with Gasteiger partial charge in [-0.05, 0) is 56.5 Å². The number of carbonyl (C=O) groups is 1. The maximum atomic E-state index is 12.8. The Bertz CT molecular complexity index is 892. The molecule has 0 aliphatic carbocycles. The third-order valence-corrected chi connectivity index (χ3v) is 6.63. The minimum absolute atomic E-state index is 0.263. The number of pyridine rings is 2. The predicted molar refractivity (Wildman–Crippen MR) is 129 cm³/mol. The largest absolute Gasteiger partial charge is 0.382 e. The standard InChI is InChI=1S/C25H35FN6O/c1-20-4-5-24(28-19-20)31-15-13-30(14-16-31)10-2-3-25(33)32-11-7-21(8-12-32)29-22-6-9-27-23(17-22)18-26/h4-6,9,17,19,21H,2-3,7-8,10-16,18H2,1H3,(H,27,29). The second-order valence-electron chi connectivity index (χ2n) is 9.09. The highest BCUT2D eigenvalue weighted by atomic mass is 19.1. The van der Waals surface area contributed by atoms with Crippen LogP contribution in [0.2, 0.25) is 0 Å². The van der Waals surface area contributed by atoms with E-state index in [4.69, 9.17) is 0 Å². The number of amides is 1. The molecular weight excluding hydrogens is 419 g/mol. The Balaban J connectivity index is 1.12. The molecule has 2 aliphatic heterocycles. The molecule has 33 heavy (non-hydrogen) atoms. The van der Waals surface area contributed by atoms with Crippen LogP contribution >= 0.6 is 0 Å². The molecule has 0 bridgehead atoms. The number of nitrogens with one attached hydrogen (secondary N) is 1. The van der Waals surface area contributed by atoms with E-state index in [1.165, 1.54) is 5.56 Å². The van der Waals surface area contributed by atoms with Gasteiger partial charge >= 0.3 is 0 Å². The van der Waals surface area contributed by atoms with E-state index in [1.807, 2.05) is 17.2 Å². The number of alkyl halides is 1. The van der Waals surface area contributed by atoms with Gasteiger partial charge in [-0.1, -0.05) is 6.07 Å². The lowest BCUT2D eigenvalue weighted by molar-refractivity contribution is -0.132. The summed E-state index contributed by atoms with van der Waals surface area (Å²) in [6.07, 6.45) is 6.90. The van der Waals surface area contributed by atoms with Crippen molar-refractivity contribution in [1.82, 2.24) is 19.8 Å². The summed E-state index contributed by atoms with van der Waals surface area (Å²) in [5.41, 5.74) is 2.53. The fourth-order valence-electron chi connectivity index (χ4n) is 4.61. The minimum Gasteiger partial charge on any atom is -0.382 e. The van der Waals surface area contributed by atoms with Gasteiger partial charge in [-0.15, -0.1) is 0 Å².